The highest BCUT2D eigenvalue weighted by atomic mass is 16.5. The molecule has 1 rings (SSSR count). The van der Waals surface area contributed by atoms with Crippen LogP contribution >= 0.6 is 0 Å². The Morgan fingerprint density at radius 2 is 2.00 bits per heavy atom. The molecule has 0 amide bonds. The van der Waals surface area contributed by atoms with Crippen molar-refractivity contribution in [3.63, 3.8) is 0 Å². The summed E-state index contributed by atoms with van der Waals surface area (Å²) in [6, 6.07) is 7.68. The average molecular weight is 221 g/mol. The highest BCUT2D eigenvalue weighted by Gasteiger charge is 2.10. The van der Waals surface area contributed by atoms with E-state index in [1.54, 1.807) is 0 Å². The van der Waals surface area contributed by atoms with E-state index in [-0.39, 0.29) is 12.1 Å². The molecule has 0 saturated heterocycles. The molecule has 88 valence electrons. The van der Waals surface area contributed by atoms with E-state index in [2.05, 4.69) is 0 Å². The van der Waals surface area contributed by atoms with Crippen LogP contribution in [0.5, 0.6) is 0 Å². The normalized spacial score (nSPS) is 12.2. The van der Waals surface area contributed by atoms with Gasteiger partial charge in [-0.15, -0.1) is 0 Å². The molecule has 0 spiro atoms. The second kappa shape index (κ2) is 6.28. The minimum absolute atomic E-state index is 0.0162. The number of hydrogen-bond acceptors (Lipinski definition) is 3. The fourth-order valence-electron chi connectivity index (χ4n) is 1.43. The Hall–Kier alpha value is -1.35. The van der Waals surface area contributed by atoms with Crippen LogP contribution in [0.2, 0.25) is 0 Å². The van der Waals surface area contributed by atoms with Gasteiger partial charge in [-0.05, 0) is 24.5 Å². The molecule has 1 unspecified atom stereocenters. The number of ether oxygens (including phenoxy) is 1. The summed E-state index contributed by atoms with van der Waals surface area (Å²) in [6.07, 6.45) is 1.12. The highest BCUT2D eigenvalue weighted by molar-refractivity contribution is 5.73. The zero-order chi connectivity index (χ0) is 12.0. The van der Waals surface area contributed by atoms with Gasteiger partial charge in [-0.25, -0.2) is 0 Å². The predicted octanol–water partition coefficient (Wildman–Crippen LogP) is 2.03. The lowest BCUT2D eigenvalue weighted by atomic mass is 10.0. The van der Waals surface area contributed by atoms with Gasteiger partial charge in [0.2, 0.25) is 0 Å². The van der Waals surface area contributed by atoms with Gasteiger partial charge < -0.3 is 10.5 Å². The van der Waals surface area contributed by atoms with Gasteiger partial charge in [-0.2, -0.15) is 0 Å². The smallest absolute Gasteiger partial charge is 0.310 e. The van der Waals surface area contributed by atoms with Crippen molar-refractivity contribution < 1.29 is 9.53 Å². The van der Waals surface area contributed by atoms with Crippen molar-refractivity contribution in [3.8, 4) is 0 Å². The summed E-state index contributed by atoms with van der Waals surface area (Å²) < 4.78 is 5.22. The minimum Gasteiger partial charge on any atom is -0.462 e. The van der Waals surface area contributed by atoms with Crippen LogP contribution in [0.25, 0.3) is 0 Å². The zero-order valence-electron chi connectivity index (χ0n) is 9.90. The standard InChI is InChI=1S/C13H19NO2/c1-3-10(2)16-13(15)8-11-6-4-5-7-12(11)9-14/h4-7,10H,3,8-9,14H2,1-2H3. The number of rotatable bonds is 5. The topological polar surface area (TPSA) is 52.3 Å². The molecule has 1 atom stereocenters. The molecule has 0 bridgehead atoms. The predicted molar refractivity (Wildman–Crippen MR) is 63.9 cm³/mol. The Morgan fingerprint density at radius 1 is 1.38 bits per heavy atom. The molecule has 0 aromatic heterocycles. The Labute approximate surface area is 96.6 Å². The molecule has 0 radical (unpaired) electrons. The van der Waals surface area contributed by atoms with E-state index in [1.807, 2.05) is 38.1 Å². The van der Waals surface area contributed by atoms with E-state index in [1.165, 1.54) is 0 Å². The minimum atomic E-state index is -0.185. The lowest BCUT2D eigenvalue weighted by Crippen LogP contribution is -2.16. The summed E-state index contributed by atoms with van der Waals surface area (Å²) in [5.41, 5.74) is 7.56. The first-order chi connectivity index (χ1) is 7.67. The third-order valence-corrected chi connectivity index (χ3v) is 2.58. The molecule has 0 heterocycles. The number of hydrogen-bond donors (Lipinski definition) is 1. The van der Waals surface area contributed by atoms with E-state index in [0.29, 0.717) is 13.0 Å². The van der Waals surface area contributed by atoms with Gasteiger partial charge in [0, 0.05) is 6.54 Å². The van der Waals surface area contributed by atoms with Crippen molar-refractivity contribution in [2.45, 2.75) is 39.3 Å². The van der Waals surface area contributed by atoms with E-state index in [9.17, 15) is 4.79 Å². The lowest BCUT2D eigenvalue weighted by Gasteiger charge is -2.12. The summed E-state index contributed by atoms with van der Waals surface area (Å²) >= 11 is 0. The molecule has 3 heteroatoms. The first-order valence-electron chi connectivity index (χ1n) is 5.63. The van der Waals surface area contributed by atoms with Gasteiger partial charge in [0.15, 0.2) is 0 Å². The van der Waals surface area contributed by atoms with Crippen molar-refractivity contribution in [1.82, 2.24) is 0 Å². The van der Waals surface area contributed by atoms with E-state index >= 15 is 0 Å². The maximum Gasteiger partial charge on any atom is 0.310 e. The van der Waals surface area contributed by atoms with Crippen molar-refractivity contribution in [1.29, 1.82) is 0 Å². The second-order valence-electron chi connectivity index (χ2n) is 3.86. The summed E-state index contributed by atoms with van der Waals surface area (Å²) in [5, 5.41) is 0. The number of carbonyl (C=O) groups excluding carboxylic acids is 1. The van der Waals surface area contributed by atoms with Gasteiger partial charge >= 0.3 is 5.97 Å². The summed E-state index contributed by atoms with van der Waals surface area (Å²) in [5.74, 6) is -0.185. The molecule has 1 aromatic carbocycles. The van der Waals surface area contributed by atoms with Crippen LogP contribution < -0.4 is 5.73 Å². The van der Waals surface area contributed by atoms with Crippen LogP contribution in [0.15, 0.2) is 24.3 Å². The molecule has 3 nitrogen and oxygen atoms in total. The Balaban J connectivity index is 2.62. The fraction of sp³-hybridized carbons (Fsp3) is 0.462. The van der Waals surface area contributed by atoms with Gasteiger partial charge in [0.1, 0.15) is 0 Å². The Morgan fingerprint density at radius 3 is 2.56 bits per heavy atom. The van der Waals surface area contributed by atoms with Crippen molar-refractivity contribution >= 4 is 5.97 Å². The highest BCUT2D eigenvalue weighted by Crippen LogP contribution is 2.10. The quantitative estimate of drug-likeness (QED) is 0.774. The van der Waals surface area contributed by atoms with Gasteiger partial charge in [0.05, 0.1) is 12.5 Å². The molecule has 0 fully saturated rings. The first-order valence-corrected chi connectivity index (χ1v) is 5.63. The van der Waals surface area contributed by atoms with E-state index < -0.39 is 0 Å². The lowest BCUT2D eigenvalue weighted by molar-refractivity contribution is -0.147. The Bertz CT molecular complexity index is 350. The van der Waals surface area contributed by atoms with Crippen molar-refractivity contribution in [2.75, 3.05) is 0 Å². The largest absolute Gasteiger partial charge is 0.462 e. The molecule has 0 aliphatic rings. The van der Waals surface area contributed by atoms with Crippen LogP contribution in [-0.4, -0.2) is 12.1 Å². The van der Waals surface area contributed by atoms with Crippen LogP contribution in [0, 0.1) is 0 Å². The van der Waals surface area contributed by atoms with E-state index in [4.69, 9.17) is 10.5 Å². The van der Waals surface area contributed by atoms with Gasteiger partial charge in [0.25, 0.3) is 0 Å². The molecular weight excluding hydrogens is 202 g/mol. The third kappa shape index (κ3) is 3.66. The maximum atomic E-state index is 11.6. The van der Waals surface area contributed by atoms with Crippen LogP contribution in [0.3, 0.4) is 0 Å². The maximum absolute atomic E-state index is 11.6. The molecule has 0 aliphatic heterocycles. The van der Waals surface area contributed by atoms with Crippen molar-refractivity contribution in [2.24, 2.45) is 5.73 Å². The summed E-state index contributed by atoms with van der Waals surface area (Å²) in [6.45, 7) is 4.34. The second-order valence-corrected chi connectivity index (χ2v) is 3.86. The molecule has 0 saturated carbocycles. The number of nitrogens with two attached hydrogens (primary N) is 1. The monoisotopic (exact) mass is 221 g/mol. The van der Waals surface area contributed by atoms with E-state index in [0.717, 1.165) is 17.5 Å². The third-order valence-electron chi connectivity index (χ3n) is 2.58. The zero-order valence-corrected chi connectivity index (χ0v) is 9.90. The van der Waals surface area contributed by atoms with Crippen LogP contribution in [-0.2, 0) is 22.5 Å². The summed E-state index contributed by atoms with van der Waals surface area (Å²) in [7, 11) is 0. The molecule has 2 N–H and O–H groups in total. The number of carbonyl (C=O) groups is 1. The molecule has 1 aromatic rings. The molecular formula is C13H19NO2. The van der Waals surface area contributed by atoms with Crippen LogP contribution in [0.4, 0.5) is 0 Å². The first kappa shape index (κ1) is 12.7. The molecule has 16 heavy (non-hydrogen) atoms. The van der Waals surface area contributed by atoms with Crippen LogP contribution in [0.1, 0.15) is 31.4 Å². The molecule has 0 aliphatic carbocycles. The van der Waals surface area contributed by atoms with Gasteiger partial charge in [-0.3, -0.25) is 4.79 Å². The number of benzene rings is 1. The fourth-order valence-corrected chi connectivity index (χ4v) is 1.43. The number of esters is 1. The average Bonchev–Trinajstić information content (AvgIpc) is 2.29. The summed E-state index contributed by atoms with van der Waals surface area (Å²) in [4.78, 5) is 11.6. The SMILES string of the molecule is CCC(C)OC(=O)Cc1ccccc1CN. The van der Waals surface area contributed by atoms with Gasteiger partial charge in [-0.1, -0.05) is 31.2 Å². The van der Waals surface area contributed by atoms with Crippen molar-refractivity contribution in [3.05, 3.63) is 35.4 Å². The Kier molecular flexibility index (Phi) is 4.99.